The van der Waals surface area contributed by atoms with Crippen LogP contribution < -0.4 is 0 Å². The van der Waals surface area contributed by atoms with Crippen LogP contribution in [0.1, 0.15) is 17.4 Å². The number of rotatable bonds is 4. The Bertz CT molecular complexity index is 429. The normalized spacial score (nSPS) is 22.9. The molecule has 2 N–H and O–H groups in total. The third kappa shape index (κ3) is 2.24. The van der Waals surface area contributed by atoms with Crippen molar-refractivity contribution in [2.24, 2.45) is 5.92 Å². The summed E-state index contributed by atoms with van der Waals surface area (Å²) in [7, 11) is 0. The van der Waals surface area contributed by atoms with E-state index in [1.165, 1.54) is 0 Å². The van der Waals surface area contributed by atoms with Gasteiger partial charge in [0.15, 0.2) is 0 Å². The van der Waals surface area contributed by atoms with Gasteiger partial charge in [-0.1, -0.05) is 0 Å². The Morgan fingerprint density at radius 3 is 2.89 bits per heavy atom. The zero-order valence-corrected chi connectivity index (χ0v) is 10.1. The fourth-order valence-corrected chi connectivity index (χ4v) is 2.23. The van der Waals surface area contributed by atoms with E-state index in [1.807, 2.05) is 6.92 Å². The average Bonchev–Trinajstić information content (AvgIpc) is 3.00. The zero-order chi connectivity index (χ0) is 13.1. The molecule has 0 saturated carbocycles. The summed E-state index contributed by atoms with van der Waals surface area (Å²) in [5, 5.41) is 9.11. The number of carbonyl (C=O) groups is 2. The van der Waals surface area contributed by atoms with Gasteiger partial charge in [0, 0.05) is 12.7 Å². The molecule has 0 spiro atoms. The second-order valence-electron chi connectivity index (χ2n) is 4.22. The molecule has 18 heavy (non-hydrogen) atoms. The summed E-state index contributed by atoms with van der Waals surface area (Å²) in [6.45, 7) is 2.72. The van der Waals surface area contributed by atoms with Crippen LogP contribution in [0.25, 0.3) is 0 Å². The zero-order valence-electron chi connectivity index (χ0n) is 10.1. The Morgan fingerprint density at radius 2 is 2.33 bits per heavy atom. The van der Waals surface area contributed by atoms with Gasteiger partial charge in [0.25, 0.3) is 5.91 Å². The van der Waals surface area contributed by atoms with Crippen molar-refractivity contribution in [3.05, 3.63) is 24.0 Å². The van der Waals surface area contributed by atoms with Crippen molar-refractivity contribution >= 4 is 11.9 Å². The summed E-state index contributed by atoms with van der Waals surface area (Å²) in [4.78, 5) is 27.7. The number of aromatic amines is 1. The molecule has 0 aromatic carbocycles. The van der Waals surface area contributed by atoms with Crippen molar-refractivity contribution in [1.29, 1.82) is 0 Å². The van der Waals surface area contributed by atoms with Crippen molar-refractivity contribution in [2.75, 3.05) is 19.8 Å². The number of H-pyrrole nitrogens is 1. The predicted octanol–water partition coefficient (Wildman–Crippen LogP) is 0.576. The lowest BCUT2D eigenvalue weighted by Gasteiger charge is -2.28. The maximum Gasteiger partial charge on any atom is 0.311 e. The quantitative estimate of drug-likeness (QED) is 0.821. The summed E-state index contributed by atoms with van der Waals surface area (Å²) in [6, 6.07) is 3.01. The molecule has 1 aromatic heterocycles. The van der Waals surface area contributed by atoms with Gasteiger partial charge < -0.3 is 19.7 Å². The van der Waals surface area contributed by atoms with Gasteiger partial charge in [-0.3, -0.25) is 9.59 Å². The minimum absolute atomic E-state index is 0.161. The topological polar surface area (TPSA) is 82.6 Å². The van der Waals surface area contributed by atoms with Gasteiger partial charge in [-0.05, 0) is 19.1 Å². The first-order chi connectivity index (χ1) is 8.65. The van der Waals surface area contributed by atoms with Crippen LogP contribution in [0.3, 0.4) is 0 Å². The van der Waals surface area contributed by atoms with Crippen LogP contribution in [0.5, 0.6) is 0 Å². The van der Waals surface area contributed by atoms with Crippen molar-refractivity contribution in [3.8, 4) is 0 Å². The van der Waals surface area contributed by atoms with Crippen LogP contribution in [-0.4, -0.2) is 52.7 Å². The van der Waals surface area contributed by atoms with Crippen LogP contribution in [0, 0.1) is 5.92 Å². The number of amides is 1. The number of carboxylic acid groups (broad SMARTS) is 1. The minimum Gasteiger partial charge on any atom is -0.481 e. The molecule has 0 radical (unpaired) electrons. The molecule has 1 fully saturated rings. The maximum atomic E-state index is 12.2. The lowest BCUT2D eigenvalue weighted by Crippen LogP contribution is -2.46. The number of ether oxygens (including phenoxy) is 1. The Hall–Kier alpha value is -1.82. The second kappa shape index (κ2) is 5.22. The molecule has 6 heteroatoms. The molecular formula is C12H16N2O4. The van der Waals surface area contributed by atoms with Crippen molar-refractivity contribution < 1.29 is 19.4 Å². The highest BCUT2D eigenvalue weighted by atomic mass is 16.5. The summed E-state index contributed by atoms with van der Waals surface area (Å²) >= 11 is 0. The number of carboxylic acids is 1. The van der Waals surface area contributed by atoms with Crippen molar-refractivity contribution in [2.45, 2.75) is 13.0 Å². The summed E-state index contributed by atoms with van der Waals surface area (Å²) < 4.78 is 5.20. The van der Waals surface area contributed by atoms with Gasteiger partial charge in [-0.15, -0.1) is 0 Å². The molecule has 98 valence electrons. The number of nitrogens with zero attached hydrogens (tertiary/aromatic N) is 1. The van der Waals surface area contributed by atoms with E-state index in [-0.39, 0.29) is 19.1 Å². The van der Waals surface area contributed by atoms with E-state index in [2.05, 4.69) is 4.98 Å². The highest BCUT2D eigenvalue weighted by Gasteiger charge is 2.39. The number of likely N-dealkylation sites (N-methyl/N-ethyl adjacent to an activating group) is 1. The van der Waals surface area contributed by atoms with E-state index in [0.29, 0.717) is 12.2 Å². The lowest BCUT2D eigenvalue weighted by molar-refractivity contribution is -0.142. The molecule has 6 nitrogen and oxygen atoms in total. The van der Waals surface area contributed by atoms with Crippen molar-refractivity contribution in [3.63, 3.8) is 0 Å². The molecule has 1 amide bonds. The van der Waals surface area contributed by atoms with E-state index >= 15 is 0 Å². The smallest absolute Gasteiger partial charge is 0.311 e. The summed E-state index contributed by atoms with van der Waals surface area (Å²) in [5.41, 5.74) is 0.466. The van der Waals surface area contributed by atoms with Crippen LogP contribution in [0.2, 0.25) is 0 Å². The van der Waals surface area contributed by atoms with Crippen LogP contribution in [-0.2, 0) is 9.53 Å². The van der Waals surface area contributed by atoms with Crippen LogP contribution in [0.15, 0.2) is 18.3 Å². The largest absolute Gasteiger partial charge is 0.481 e. The first-order valence-corrected chi connectivity index (χ1v) is 5.90. The molecule has 1 saturated heterocycles. The first kappa shape index (κ1) is 12.6. The Morgan fingerprint density at radius 1 is 1.56 bits per heavy atom. The predicted molar refractivity (Wildman–Crippen MR) is 63.2 cm³/mol. The maximum absolute atomic E-state index is 12.2. The summed E-state index contributed by atoms with van der Waals surface area (Å²) in [5.74, 6) is -1.76. The highest BCUT2D eigenvalue weighted by Crippen LogP contribution is 2.21. The molecule has 2 unspecified atom stereocenters. The van der Waals surface area contributed by atoms with Gasteiger partial charge in [0.1, 0.15) is 11.6 Å². The number of aliphatic carboxylic acids is 1. The monoisotopic (exact) mass is 252 g/mol. The van der Waals surface area contributed by atoms with Crippen molar-refractivity contribution in [1.82, 2.24) is 9.88 Å². The third-order valence-electron chi connectivity index (χ3n) is 3.20. The fraction of sp³-hybridized carbons (Fsp3) is 0.500. The number of nitrogens with one attached hydrogen (secondary N) is 1. The fourth-order valence-electron chi connectivity index (χ4n) is 2.23. The van der Waals surface area contributed by atoms with E-state index in [9.17, 15) is 9.59 Å². The number of carbonyl (C=O) groups excluding carboxylic acids is 1. The van der Waals surface area contributed by atoms with Gasteiger partial charge in [-0.2, -0.15) is 0 Å². The number of hydrogen-bond acceptors (Lipinski definition) is 3. The SMILES string of the molecule is CCN(C(=O)c1ccc[nH]1)C1COCC1C(=O)O. The van der Waals surface area contributed by atoms with Gasteiger partial charge >= 0.3 is 5.97 Å². The molecule has 1 aliphatic rings. The molecular weight excluding hydrogens is 236 g/mol. The second-order valence-corrected chi connectivity index (χ2v) is 4.22. The number of hydrogen-bond donors (Lipinski definition) is 2. The lowest BCUT2D eigenvalue weighted by atomic mass is 10.0. The number of aromatic nitrogens is 1. The first-order valence-electron chi connectivity index (χ1n) is 5.90. The molecule has 2 atom stereocenters. The molecule has 0 aliphatic carbocycles. The van der Waals surface area contributed by atoms with Gasteiger partial charge in [-0.25, -0.2) is 0 Å². The highest BCUT2D eigenvalue weighted by molar-refractivity contribution is 5.93. The van der Waals surface area contributed by atoms with Gasteiger partial charge in [0.05, 0.1) is 19.3 Å². The molecule has 1 aromatic rings. The molecule has 2 heterocycles. The Balaban J connectivity index is 2.18. The Labute approximate surface area is 105 Å². The Kier molecular flexibility index (Phi) is 3.66. The molecule has 2 rings (SSSR count). The molecule has 0 bridgehead atoms. The molecule has 1 aliphatic heterocycles. The average molecular weight is 252 g/mol. The van der Waals surface area contributed by atoms with E-state index in [4.69, 9.17) is 9.84 Å². The third-order valence-corrected chi connectivity index (χ3v) is 3.20. The van der Waals surface area contributed by atoms with Gasteiger partial charge in [0.2, 0.25) is 0 Å². The van der Waals surface area contributed by atoms with E-state index in [1.54, 1.807) is 23.2 Å². The standard InChI is InChI=1S/C12H16N2O4/c1-2-14(11(15)9-4-3-5-13-9)10-7-18-6-8(10)12(16)17/h3-5,8,10,13H,2,6-7H2,1H3,(H,16,17). The minimum atomic E-state index is -0.921. The van der Waals surface area contributed by atoms with Crippen LogP contribution in [0.4, 0.5) is 0 Å². The van der Waals surface area contributed by atoms with E-state index in [0.717, 1.165) is 0 Å². The summed E-state index contributed by atoms with van der Waals surface area (Å²) in [6.07, 6.45) is 1.67. The van der Waals surface area contributed by atoms with E-state index < -0.39 is 17.9 Å². The van der Waals surface area contributed by atoms with Crippen LogP contribution >= 0.6 is 0 Å².